The zero-order valence-corrected chi connectivity index (χ0v) is 26.4. The molecule has 0 saturated heterocycles. The maximum Gasteiger partial charge on any atom is 0.0364 e. The number of hydrogen-bond acceptors (Lipinski definition) is 3. The maximum atomic E-state index is 4.39. The molecule has 0 saturated carbocycles. The van der Waals surface area contributed by atoms with Crippen molar-refractivity contribution in [2.45, 2.75) is 137 Å². The van der Waals surface area contributed by atoms with E-state index in [9.17, 15) is 0 Å². The predicted molar refractivity (Wildman–Crippen MR) is 163 cm³/mol. The minimum atomic E-state index is 0.889. The minimum Gasteiger partial charge on any atom is -0.290 e. The Morgan fingerprint density at radius 1 is 0.500 bits per heavy atom. The average Bonchev–Trinajstić information content (AvgIpc) is 2.83. The monoisotopic (exact) mass is 475 g/mol. The quantitative estimate of drug-likeness (QED) is 0.313. The molecule has 0 amide bonds. The zero-order chi connectivity index (χ0) is 27.9. The molecule has 0 aliphatic carbocycles. The summed E-state index contributed by atoms with van der Waals surface area (Å²) in [5.41, 5.74) is 11.6. The lowest BCUT2D eigenvalue weighted by Crippen LogP contribution is -1.97. The third kappa shape index (κ3) is 22.0. The van der Waals surface area contributed by atoms with E-state index in [0.717, 1.165) is 38.0 Å². The second kappa shape index (κ2) is 25.8. The first-order valence-electron chi connectivity index (χ1n) is 13.4. The van der Waals surface area contributed by atoms with Crippen molar-refractivity contribution in [3.8, 4) is 0 Å². The van der Waals surface area contributed by atoms with E-state index in [1.54, 1.807) is 0 Å². The summed E-state index contributed by atoms with van der Waals surface area (Å²) < 4.78 is 0. The van der Waals surface area contributed by atoms with Crippen LogP contribution in [-0.2, 0) is 0 Å². The molecule has 0 fully saturated rings. The molecule has 0 unspecified atom stereocenters. The molecule has 3 heteroatoms. The molecular formula is C31H61N3. The van der Waals surface area contributed by atoms with E-state index >= 15 is 0 Å². The fourth-order valence-electron chi connectivity index (χ4n) is 2.34. The largest absolute Gasteiger partial charge is 0.290 e. The van der Waals surface area contributed by atoms with Gasteiger partial charge in [0, 0.05) is 35.9 Å². The summed E-state index contributed by atoms with van der Waals surface area (Å²) in [6, 6.07) is 0. The van der Waals surface area contributed by atoms with Crippen LogP contribution in [0.25, 0.3) is 0 Å². The summed E-state index contributed by atoms with van der Waals surface area (Å²) in [4.78, 5) is 13.1. The van der Waals surface area contributed by atoms with Gasteiger partial charge >= 0.3 is 0 Å². The zero-order valence-electron chi connectivity index (χ0n) is 26.4. The first-order valence-corrected chi connectivity index (χ1v) is 13.4. The fraction of sp³-hybridized carbons (Fsp3) is 0.710. The SMILES string of the molecule is CC.CCC(C)=NC(C)=C(C)C.CCN=C(C)/C(C)=C(/C)CC.CCN=C(C)/C(C)=C(/C)CC. The van der Waals surface area contributed by atoms with Crippen molar-refractivity contribution in [1.82, 2.24) is 0 Å². The molecule has 0 aromatic carbocycles. The Balaban J connectivity index is -0.000000191. The van der Waals surface area contributed by atoms with Crippen LogP contribution in [0.5, 0.6) is 0 Å². The fourth-order valence-corrected chi connectivity index (χ4v) is 2.34. The molecule has 0 spiro atoms. The van der Waals surface area contributed by atoms with Crippen molar-refractivity contribution in [3.05, 3.63) is 33.6 Å². The van der Waals surface area contributed by atoms with Gasteiger partial charge in [-0.1, -0.05) is 51.3 Å². The Bertz CT molecular complexity index is 665. The van der Waals surface area contributed by atoms with Crippen LogP contribution in [-0.4, -0.2) is 30.2 Å². The predicted octanol–water partition coefficient (Wildman–Crippen LogP) is 10.6. The molecule has 3 nitrogen and oxygen atoms in total. The number of nitrogens with zero attached hydrogens (tertiary/aromatic N) is 3. The smallest absolute Gasteiger partial charge is 0.0364 e. The van der Waals surface area contributed by atoms with Gasteiger partial charge in [-0.2, -0.15) is 0 Å². The molecule has 0 radical (unpaired) electrons. The van der Waals surface area contributed by atoms with Crippen molar-refractivity contribution in [2.75, 3.05) is 13.1 Å². The lowest BCUT2D eigenvalue weighted by atomic mass is 10.1. The van der Waals surface area contributed by atoms with Crippen LogP contribution in [0.1, 0.15) is 137 Å². The normalized spacial score (nSPS) is 13.1. The van der Waals surface area contributed by atoms with Crippen LogP contribution in [0, 0.1) is 0 Å². The minimum absolute atomic E-state index is 0.889. The van der Waals surface area contributed by atoms with Crippen molar-refractivity contribution < 1.29 is 0 Å². The van der Waals surface area contributed by atoms with Crippen LogP contribution in [0.2, 0.25) is 0 Å². The number of rotatable bonds is 8. The maximum absolute atomic E-state index is 4.39. The topological polar surface area (TPSA) is 37.1 Å². The Morgan fingerprint density at radius 2 is 0.824 bits per heavy atom. The Morgan fingerprint density at radius 3 is 1.03 bits per heavy atom. The molecule has 0 rings (SSSR count). The van der Waals surface area contributed by atoms with E-state index in [1.807, 2.05) is 13.8 Å². The summed E-state index contributed by atoms with van der Waals surface area (Å²) >= 11 is 0. The van der Waals surface area contributed by atoms with Gasteiger partial charge in [-0.15, -0.1) is 0 Å². The van der Waals surface area contributed by atoms with Gasteiger partial charge in [0.15, 0.2) is 0 Å². The van der Waals surface area contributed by atoms with Crippen LogP contribution in [0.15, 0.2) is 48.5 Å². The van der Waals surface area contributed by atoms with Crippen molar-refractivity contribution in [3.63, 3.8) is 0 Å². The Kier molecular flexibility index (Phi) is 30.0. The number of allylic oxidation sites excluding steroid dienone is 6. The molecule has 0 aliphatic heterocycles. The van der Waals surface area contributed by atoms with Crippen molar-refractivity contribution in [2.24, 2.45) is 15.0 Å². The molecule has 0 N–H and O–H groups in total. The van der Waals surface area contributed by atoms with Gasteiger partial charge in [-0.3, -0.25) is 15.0 Å². The standard InChI is InChI=1S/2C10H19N.C9H17N.C2H6/c2*1-6-8(3)9(4)10(5)11-7-2;1-6-8(4)10-9(5)7(2)3;1-2/h2*6-7H2,1-5H3;6H2,1-5H3;1-2H3/b2*9-8-,11-10?;;. The molecule has 34 heavy (non-hydrogen) atoms. The van der Waals surface area contributed by atoms with E-state index in [4.69, 9.17) is 0 Å². The highest BCUT2D eigenvalue weighted by Crippen LogP contribution is 2.09. The lowest BCUT2D eigenvalue weighted by Gasteiger charge is -2.04. The Labute approximate surface area is 215 Å². The molecule has 0 atom stereocenters. The molecule has 0 aliphatic rings. The lowest BCUT2D eigenvalue weighted by molar-refractivity contribution is 1.06. The highest BCUT2D eigenvalue weighted by Gasteiger charge is 1.98. The van der Waals surface area contributed by atoms with Crippen LogP contribution < -0.4 is 0 Å². The molecule has 0 bridgehead atoms. The van der Waals surface area contributed by atoms with E-state index in [1.165, 1.54) is 45.0 Å². The molecule has 0 aromatic rings. The molecule has 200 valence electrons. The van der Waals surface area contributed by atoms with Crippen LogP contribution in [0.3, 0.4) is 0 Å². The van der Waals surface area contributed by atoms with E-state index in [0.29, 0.717) is 0 Å². The van der Waals surface area contributed by atoms with E-state index < -0.39 is 0 Å². The summed E-state index contributed by atoms with van der Waals surface area (Å²) in [7, 11) is 0. The van der Waals surface area contributed by atoms with E-state index in [2.05, 4.69) is 119 Å². The first kappa shape index (κ1) is 39.4. The van der Waals surface area contributed by atoms with Gasteiger partial charge in [0.05, 0.1) is 0 Å². The summed E-state index contributed by atoms with van der Waals surface area (Å²) in [5.74, 6) is 0. The Hall–Kier alpha value is -1.77. The summed E-state index contributed by atoms with van der Waals surface area (Å²) in [5, 5.41) is 0. The van der Waals surface area contributed by atoms with Gasteiger partial charge < -0.3 is 0 Å². The van der Waals surface area contributed by atoms with E-state index in [-0.39, 0.29) is 0 Å². The summed E-state index contributed by atoms with van der Waals surface area (Å²) in [6.07, 6.45) is 3.30. The van der Waals surface area contributed by atoms with Crippen LogP contribution >= 0.6 is 0 Å². The van der Waals surface area contributed by atoms with Crippen molar-refractivity contribution >= 4 is 17.1 Å². The molecular weight excluding hydrogens is 414 g/mol. The molecule has 0 heterocycles. The summed E-state index contributed by atoms with van der Waals surface area (Å²) in [6.45, 7) is 37.5. The average molecular weight is 476 g/mol. The van der Waals surface area contributed by atoms with Gasteiger partial charge in [0.1, 0.15) is 0 Å². The second-order valence-corrected chi connectivity index (χ2v) is 8.42. The third-order valence-electron chi connectivity index (χ3n) is 5.81. The third-order valence-corrected chi connectivity index (χ3v) is 5.81. The second-order valence-electron chi connectivity index (χ2n) is 8.42. The first-order chi connectivity index (χ1) is 15.8. The number of hydrogen-bond donors (Lipinski definition) is 0. The van der Waals surface area contributed by atoms with Gasteiger partial charge in [0.25, 0.3) is 0 Å². The van der Waals surface area contributed by atoms with Gasteiger partial charge in [0.2, 0.25) is 0 Å². The van der Waals surface area contributed by atoms with Crippen LogP contribution in [0.4, 0.5) is 0 Å². The highest BCUT2D eigenvalue weighted by molar-refractivity contribution is 5.98. The van der Waals surface area contributed by atoms with Crippen molar-refractivity contribution in [1.29, 1.82) is 0 Å². The van der Waals surface area contributed by atoms with Gasteiger partial charge in [-0.05, 0) is 113 Å². The van der Waals surface area contributed by atoms with Gasteiger partial charge in [-0.25, -0.2) is 0 Å². The number of aliphatic imine (C=N–C) groups is 3. The highest BCUT2D eigenvalue weighted by atomic mass is 14.7. The molecule has 0 aromatic heterocycles.